The molecule has 3 N–H and O–H groups in total. The van der Waals surface area contributed by atoms with Crippen molar-refractivity contribution in [1.82, 2.24) is 15.3 Å². The number of aliphatic hydroxyl groups excluding tert-OH is 1. The third-order valence-corrected chi connectivity index (χ3v) is 3.25. The molecule has 0 bridgehead atoms. The van der Waals surface area contributed by atoms with Crippen molar-refractivity contribution >= 4 is 16.9 Å². The number of fused-ring (bicyclic) bond motifs is 1. The van der Waals surface area contributed by atoms with Gasteiger partial charge in [-0.2, -0.15) is 0 Å². The zero-order chi connectivity index (χ0) is 14.0. The molecule has 1 amide bonds. The number of carbonyl (C=O) groups is 1. The fraction of sp³-hybridized carbons (Fsp3) is 0.429. The van der Waals surface area contributed by atoms with Crippen molar-refractivity contribution in [3.05, 3.63) is 29.6 Å². The number of hydrogen-bond acceptors (Lipinski definition) is 3. The maximum Gasteiger partial charge on any atom is 0.245 e. The predicted octanol–water partition coefficient (Wildman–Crippen LogP) is 1.26. The minimum atomic E-state index is -0.477. The van der Waals surface area contributed by atoms with Crippen molar-refractivity contribution in [3.63, 3.8) is 0 Å². The van der Waals surface area contributed by atoms with Gasteiger partial charge in [-0.1, -0.05) is 19.9 Å². The number of carbonyl (C=O) groups excluding carboxylic acids is 1. The molecular weight excluding hydrogens is 242 g/mol. The minimum Gasteiger partial charge on any atom is -0.387 e. The van der Waals surface area contributed by atoms with Crippen LogP contribution in [0.2, 0.25) is 0 Å². The fourth-order valence-corrected chi connectivity index (χ4v) is 2.04. The third kappa shape index (κ3) is 2.93. The number of amides is 1. The Labute approximate surface area is 112 Å². The highest BCUT2D eigenvalue weighted by Crippen LogP contribution is 2.25. The Balaban J connectivity index is 2.23. The monoisotopic (exact) mass is 261 g/mol. The first-order chi connectivity index (χ1) is 8.92. The van der Waals surface area contributed by atoms with E-state index in [-0.39, 0.29) is 11.3 Å². The summed E-state index contributed by atoms with van der Waals surface area (Å²) in [4.78, 5) is 18.7. The molecule has 0 unspecified atom stereocenters. The normalized spacial score (nSPS) is 11.8. The molecule has 0 radical (unpaired) electrons. The lowest BCUT2D eigenvalue weighted by atomic mass is 9.84. The first kappa shape index (κ1) is 13.5. The Morgan fingerprint density at radius 3 is 2.89 bits per heavy atom. The van der Waals surface area contributed by atoms with Crippen molar-refractivity contribution in [2.75, 3.05) is 13.2 Å². The summed E-state index contributed by atoms with van der Waals surface area (Å²) in [5.41, 5.74) is 2.84. The van der Waals surface area contributed by atoms with Crippen molar-refractivity contribution in [3.8, 4) is 0 Å². The maximum absolute atomic E-state index is 11.1. The van der Waals surface area contributed by atoms with Gasteiger partial charge in [-0.25, -0.2) is 4.98 Å². The summed E-state index contributed by atoms with van der Waals surface area (Å²) in [7, 11) is 0. The Bertz CT molecular complexity index is 602. The molecule has 5 heteroatoms. The number of aromatic nitrogens is 2. The fourth-order valence-electron chi connectivity index (χ4n) is 2.04. The quantitative estimate of drug-likeness (QED) is 0.775. The Morgan fingerprint density at radius 1 is 1.47 bits per heavy atom. The lowest BCUT2D eigenvalue weighted by Gasteiger charge is -2.25. The number of nitrogens with zero attached hydrogens (tertiary/aromatic N) is 1. The molecular formula is C14H19N3O2. The van der Waals surface area contributed by atoms with Crippen LogP contribution in [0.1, 0.15) is 25.2 Å². The van der Waals surface area contributed by atoms with Crippen molar-refractivity contribution < 1.29 is 9.90 Å². The van der Waals surface area contributed by atoms with Crippen LogP contribution in [0, 0.1) is 6.92 Å². The van der Waals surface area contributed by atoms with Crippen molar-refractivity contribution in [1.29, 1.82) is 0 Å². The topological polar surface area (TPSA) is 78.0 Å². The standard InChI is InChI=1S/C14H19N3O2/c1-9-16-11-5-4-10(6-12(11)17-9)14(2,3)8-15-13(19)7-18/h4-6,18H,7-8H2,1-3H3,(H,15,19)(H,16,17). The van der Waals surface area contributed by atoms with Crippen molar-refractivity contribution in [2.45, 2.75) is 26.2 Å². The van der Waals surface area contributed by atoms with Gasteiger partial charge >= 0.3 is 0 Å². The smallest absolute Gasteiger partial charge is 0.245 e. The number of benzene rings is 1. The molecule has 0 saturated heterocycles. The van der Waals surface area contributed by atoms with Gasteiger partial charge in [-0.05, 0) is 24.6 Å². The van der Waals surface area contributed by atoms with Gasteiger partial charge in [-0.3, -0.25) is 4.79 Å². The van der Waals surface area contributed by atoms with Gasteiger partial charge in [0.05, 0.1) is 11.0 Å². The molecule has 0 atom stereocenters. The van der Waals surface area contributed by atoms with Gasteiger partial charge in [-0.15, -0.1) is 0 Å². The molecule has 0 aliphatic rings. The number of imidazole rings is 1. The van der Waals surface area contributed by atoms with Gasteiger partial charge in [0.25, 0.3) is 0 Å². The van der Waals surface area contributed by atoms with E-state index in [1.807, 2.05) is 19.1 Å². The highest BCUT2D eigenvalue weighted by molar-refractivity contribution is 5.77. The molecule has 1 aromatic heterocycles. The van der Waals surface area contributed by atoms with Gasteiger partial charge in [0.15, 0.2) is 0 Å². The highest BCUT2D eigenvalue weighted by atomic mass is 16.3. The number of rotatable bonds is 4. The second-order valence-corrected chi connectivity index (χ2v) is 5.37. The third-order valence-electron chi connectivity index (χ3n) is 3.25. The summed E-state index contributed by atoms with van der Waals surface area (Å²) in [6, 6.07) is 6.05. The second kappa shape index (κ2) is 5.01. The molecule has 0 fully saturated rings. The van der Waals surface area contributed by atoms with Crippen LogP contribution in [0.5, 0.6) is 0 Å². The molecule has 19 heavy (non-hydrogen) atoms. The lowest BCUT2D eigenvalue weighted by Crippen LogP contribution is -2.37. The van der Waals surface area contributed by atoms with Crippen LogP contribution in [0.15, 0.2) is 18.2 Å². The number of hydrogen-bond donors (Lipinski definition) is 3. The molecule has 102 valence electrons. The predicted molar refractivity (Wildman–Crippen MR) is 74.0 cm³/mol. The van der Waals surface area contributed by atoms with E-state index >= 15 is 0 Å². The zero-order valence-electron chi connectivity index (χ0n) is 11.4. The second-order valence-electron chi connectivity index (χ2n) is 5.37. The minimum absolute atomic E-state index is 0.210. The Hall–Kier alpha value is -1.88. The van der Waals surface area contributed by atoms with Crippen LogP contribution in [0.4, 0.5) is 0 Å². The number of aromatic amines is 1. The number of aryl methyl sites for hydroxylation is 1. The van der Waals surface area contributed by atoms with E-state index in [0.717, 1.165) is 22.4 Å². The van der Waals surface area contributed by atoms with Crippen LogP contribution < -0.4 is 5.32 Å². The number of H-pyrrole nitrogens is 1. The molecule has 1 aromatic carbocycles. The van der Waals surface area contributed by atoms with Crippen LogP contribution in [-0.2, 0) is 10.2 Å². The summed E-state index contributed by atoms with van der Waals surface area (Å²) in [6.07, 6.45) is 0. The number of aliphatic hydroxyl groups is 1. The molecule has 1 heterocycles. The molecule has 2 aromatic rings. The van der Waals surface area contributed by atoms with E-state index in [0.29, 0.717) is 6.54 Å². The SMILES string of the molecule is Cc1nc2ccc(C(C)(C)CNC(=O)CO)cc2[nH]1. The largest absolute Gasteiger partial charge is 0.387 e. The first-order valence-electron chi connectivity index (χ1n) is 6.27. The zero-order valence-corrected chi connectivity index (χ0v) is 11.4. The van der Waals surface area contributed by atoms with E-state index in [9.17, 15) is 4.79 Å². The molecule has 0 saturated carbocycles. The summed E-state index contributed by atoms with van der Waals surface area (Å²) in [6.45, 7) is 6.02. The van der Waals surface area contributed by atoms with Crippen LogP contribution in [0.25, 0.3) is 11.0 Å². The van der Waals surface area contributed by atoms with Crippen LogP contribution in [0.3, 0.4) is 0 Å². The van der Waals surface area contributed by atoms with Crippen LogP contribution in [-0.4, -0.2) is 34.1 Å². The van der Waals surface area contributed by atoms with Crippen molar-refractivity contribution in [2.24, 2.45) is 0 Å². The average molecular weight is 261 g/mol. The van der Waals surface area contributed by atoms with E-state index < -0.39 is 6.61 Å². The first-order valence-corrected chi connectivity index (χ1v) is 6.27. The Kier molecular flexibility index (Phi) is 3.57. The highest BCUT2D eigenvalue weighted by Gasteiger charge is 2.22. The van der Waals surface area contributed by atoms with Crippen LogP contribution >= 0.6 is 0 Å². The van der Waals surface area contributed by atoms with Gasteiger partial charge in [0.2, 0.25) is 5.91 Å². The van der Waals surface area contributed by atoms with E-state index in [4.69, 9.17) is 5.11 Å². The summed E-state index contributed by atoms with van der Waals surface area (Å²) < 4.78 is 0. The summed E-state index contributed by atoms with van der Waals surface area (Å²) in [5.74, 6) is 0.532. The average Bonchev–Trinajstić information content (AvgIpc) is 2.74. The van der Waals surface area contributed by atoms with E-state index in [1.54, 1.807) is 0 Å². The summed E-state index contributed by atoms with van der Waals surface area (Å²) >= 11 is 0. The molecule has 0 aliphatic heterocycles. The van der Waals surface area contributed by atoms with Gasteiger partial charge in [0, 0.05) is 12.0 Å². The Morgan fingerprint density at radius 2 is 2.21 bits per heavy atom. The molecule has 0 aliphatic carbocycles. The maximum atomic E-state index is 11.1. The molecule has 2 rings (SSSR count). The number of nitrogens with one attached hydrogen (secondary N) is 2. The molecule has 5 nitrogen and oxygen atoms in total. The molecule has 0 spiro atoms. The van der Waals surface area contributed by atoms with Gasteiger partial charge < -0.3 is 15.4 Å². The van der Waals surface area contributed by atoms with Gasteiger partial charge in [0.1, 0.15) is 12.4 Å². The van der Waals surface area contributed by atoms with E-state index in [1.165, 1.54) is 0 Å². The summed E-state index contributed by atoms with van der Waals surface area (Å²) in [5, 5.41) is 11.4. The lowest BCUT2D eigenvalue weighted by molar-refractivity contribution is -0.124. The van der Waals surface area contributed by atoms with E-state index in [2.05, 4.69) is 35.2 Å².